The monoisotopic (exact) mass is 259 g/mol. The van der Waals surface area contributed by atoms with Crippen molar-refractivity contribution < 1.29 is 0 Å². The Balaban J connectivity index is 1.90. The van der Waals surface area contributed by atoms with E-state index in [9.17, 15) is 0 Å². The second-order valence-corrected chi connectivity index (χ2v) is 4.63. The van der Waals surface area contributed by atoms with Gasteiger partial charge >= 0.3 is 0 Å². The van der Waals surface area contributed by atoms with Crippen molar-refractivity contribution in [2.75, 3.05) is 0 Å². The van der Waals surface area contributed by atoms with Gasteiger partial charge in [0, 0.05) is 31.4 Å². The lowest BCUT2D eigenvalue weighted by atomic mass is 10.2. The van der Waals surface area contributed by atoms with E-state index in [0.29, 0.717) is 5.69 Å². The molecule has 2 rings (SSSR count). The van der Waals surface area contributed by atoms with Crippen molar-refractivity contribution in [2.24, 2.45) is 7.05 Å². The Hall–Kier alpha value is -1.76. The quantitative estimate of drug-likeness (QED) is 0.917. The van der Waals surface area contributed by atoms with E-state index in [-0.39, 0.29) is 0 Å². The fourth-order valence-corrected chi connectivity index (χ4v) is 2.05. The van der Waals surface area contributed by atoms with Crippen LogP contribution in [0.3, 0.4) is 0 Å². The maximum Gasteiger partial charge on any atom is 0.120 e. The van der Waals surface area contributed by atoms with E-state index in [4.69, 9.17) is 16.9 Å². The summed E-state index contributed by atoms with van der Waals surface area (Å²) in [7, 11) is 1.87. The highest BCUT2D eigenvalue weighted by atomic mass is 35.5. The maximum absolute atomic E-state index is 8.86. The maximum atomic E-state index is 8.86. The standard InChI is InChI=1S/C14H14ClN3/c1-18-10-12(6-14(18)7-16)9-17-8-11-3-2-4-13(15)5-11/h2-6,10,17H,8-9H2,1H3. The molecule has 2 aromatic rings. The molecule has 0 unspecified atom stereocenters. The molecule has 0 radical (unpaired) electrons. The molecule has 0 aliphatic carbocycles. The van der Waals surface area contributed by atoms with E-state index in [1.165, 1.54) is 0 Å². The number of aryl methyl sites for hydroxylation is 1. The summed E-state index contributed by atoms with van der Waals surface area (Å²) in [6.07, 6.45) is 1.96. The van der Waals surface area contributed by atoms with Crippen molar-refractivity contribution in [3.05, 3.63) is 58.4 Å². The first-order valence-corrected chi connectivity index (χ1v) is 6.07. The van der Waals surface area contributed by atoms with Gasteiger partial charge in [0.25, 0.3) is 0 Å². The molecular weight excluding hydrogens is 246 g/mol. The molecule has 1 heterocycles. The molecular formula is C14H14ClN3. The third kappa shape index (κ3) is 3.13. The number of hydrogen-bond acceptors (Lipinski definition) is 2. The van der Waals surface area contributed by atoms with Gasteiger partial charge in [-0.3, -0.25) is 0 Å². The molecule has 18 heavy (non-hydrogen) atoms. The van der Waals surface area contributed by atoms with E-state index in [2.05, 4.69) is 11.4 Å². The first-order valence-electron chi connectivity index (χ1n) is 5.69. The summed E-state index contributed by atoms with van der Waals surface area (Å²) in [5.74, 6) is 0. The van der Waals surface area contributed by atoms with E-state index in [1.54, 1.807) is 0 Å². The predicted octanol–water partition coefficient (Wildman–Crippen LogP) is 2.84. The molecule has 0 aliphatic heterocycles. The molecule has 0 bridgehead atoms. The van der Waals surface area contributed by atoms with Gasteiger partial charge in [0.15, 0.2) is 0 Å². The van der Waals surface area contributed by atoms with Crippen molar-refractivity contribution in [3.63, 3.8) is 0 Å². The molecule has 0 spiro atoms. The average Bonchev–Trinajstić information content (AvgIpc) is 2.70. The van der Waals surface area contributed by atoms with Crippen molar-refractivity contribution in [2.45, 2.75) is 13.1 Å². The molecule has 0 atom stereocenters. The summed E-state index contributed by atoms with van der Waals surface area (Å²) in [5.41, 5.74) is 2.93. The van der Waals surface area contributed by atoms with Crippen LogP contribution in [0, 0.1) is 11.3 Å². The van der Waals surface area contributed by atoms with Crippen LogP contribution in [0.4, 0.5) is 0 Å². The molecule has 0 fully saturated rings. The highest BCUT2D eigenvalue weighted by Crippen LogP contribution is 2.11. The van der Waals surface area contributed by atoms with Crippen LogP contribution in [-0.4, -0.2) is 4.57 Å². The summed E-state index contributed by atoms with van der Waals surface area (Å²) < 4.78 is 1.83. The van der Waals surface area contributed by atoms with E-state index >= 15 is 0 Å². The van der Waals surface area contributed by atoms with Gasteiger partial charge in [0.05, 0.1) is 0 Å². The Bertz CT molecular complexity index is 581. The summed E-state index contributed by atoms with van der Waals surface area (Å²) in [6, 6.07) is 11.8. The first-order chi connectivity index (χ1) is 8.69. The van der Waals surface area contributed by atoms with E-state index in [0.717, 1.165) is 29.2 Å². The second kappa shape index (κ2) is 5.72. The van der Waals surface area contributed by atoms with Gasteiger partial charge in [-0.25, -0.2) is 0 Å². The van der Waals surface area contributed by atoms with Crippen LogP contribution in [-0.2, 0) is 20.1 Å². The first kappa shape index (κ1) is 12.7. The number of benzene rings is 1. The zero-order valence-electron chi connectivity index (χ0n) is 10.2. The lowest BCUT2D eigenvalue weighted by Crippen LogP contribution is -2.12. The van der Waals surface area contributed by atoms with Crippen molar-refractivity contribution in [3.8, 4) is 6.07 Å². The highest BCUT2D eigenvalue weighted by molar-refractivity contribution is 6.30. The Morgan fingerprint density at radius 3 is 2.72 bits per heavy atom. The number of rotatable bonds is 4. The van der Waals surface area contributed by atoms with Crippen LogP contribution in [0.2, 0.25) is 5.02 Å². The largest absolute Gasteiger partial charge is 0.342 e. The minimum Gasteiger partial charge on any atom is -0.342 e. The van der Waals surface area contributed by atoms with Crippen LogP contribution in [0.5, 0.6) is 0 Å². The number of nitrogens with one attached hydrogen (secondary N) is 1. The molecule has 92 valence electrons. The third-order valence-corrected chi connectivity index (χ3v) is 2.96. The summed E-state index contributed by atoms with van der Waals surface area (Å²) in [5, 5.41) is 12.9. The van der Waals surface area contributed by atoms with E-state index < -0.39 is 0 Å². The number of hydrogen-bond donors (Lipinski definition) is 1. The van der Waals surface area contributed by atoms with Crippen LogP contribution >= 0.6 is 11.6 Å². The molecule has 1 N–H and O–H groups in total. The van der Waals surface area contributed by atoms with Gasteiger partial charge in [-0.1, -0.05) is 23.7 Å². The topological polar surface area (TPSA) is 40.8 Å². The number of nitrogens with zero attached hydrogens (tertiary/aromatic N) is 2. The molecule has 0 amide bonds. The second-order valence-electron chi connectivity index (χ2n) is 4.19. The van der Waals surface area contributed by atoms with E-state index in [1.807, 2.05) is 48.1 Å². The Morgan fingerprint density at radius 2 is 2.06 bits per heavy atom. The van der Waals surface area contributed by atoms with Crippen LogP contribution in [0.15, 0.2) is 36.5 Å². The number of halogens is 1. The average molecular weight is 260 g/mol. The number of aromatic nitrogens is 1. The highest BCUT2D eigenvalue weighted by Gasteiger charge is 2.01. The van der Waals surface area contributed by atoms with Gasteiger partial charge in [-0.2, -0.15) is 5.26 Å². The molecule has 3 nitrogen and oxygen atoms in total. The summed E-state index contributed by atoms with van der Waals surface area (Å²) in [4.78, 5) is 0. The smallest absolute Gasteiger partial charge is 0.120 e. The van der Waals surface area contributed by atoms with Gasteiger partial charge in [-0.05, 0) is 29.3 Å². The minimum absolute atomic E-state index is 0.676. The fourth-order valence-electron chi connectivity index (χ4n) is 1.84. The van der Waals surface area contributed by atoms with Crippen molar-refractivity contribution >= 4 is 11.6 Å². The Kier molecular flexibility index (Phi) is 4.03. The molecule has 4 heteroatoms. The molecule has 0 aliphatic rings. The van der Waals surface area contributed by atoms with Crippen LogP contribution < -0.4 is 5.32 Å². The summed E-state index contributed by atoms with van der Waals surface area (Å²) in [6.45, 7) is 1.50. The SMILES string of the molecule is Cn1cc(CNCc2cccc(Cl)c2)cc1C#N. The minimum atomic E-state index is 0.676. The van der Waals surface area contributed by atoms with Crippen LogP contribution in [0.25, 0.3) is 0 Å². The van der Waals surface area contributed by atoms with Gasteiger partial charge < -0.3 is 9.88 Å². The molecule has 1 aromatic carbocycles. The molecule has 0 saturated carbocycles. The third-order valence-electron chi connectivity index (χ3n) is 2.72. The van der Waals surface area contributed by atoms with Gasteiger partial charge in [0.2, 0.25) is 0 Å². The lowest BCUT2D eigenvalue weighted by Gasteiger charge is -2.03. The normalized spacial score (nSPS) is 10.3. The molecule has 0 saturated heterocycles. The van der Waals surface area contributed by atoms with Crippen molar-refractivity contribution in [1.29, 1.82) is 5.26 Å². The van der Waals surface area contributed by atoms with Gasteiger partial charge in [-0.15, -0.1) is 0 Å². The van der Waals surface area contributed by atoms with Crippen molar-refractivity contribution in [1.82, 2.24) is 9.88 Å². The zero-order chi connectivity index (χ0) is 13.0. The Morgan fingerprint density at radius 1 is 1.28 bits per heavy atom. The van der Waals surface area contributed by atoms with Crippen LogP contribution in [0.1, 0.15) is 16.8 Å². The Labute approximate surface area is 112 Å². The number of nitriles is 1. The zero-order valence-corrected chi connectivity index (χ0v) is 10.9. The fraction of sp³-hybridized carbons (Fsp3) is 0.214. The summed E-state index contributed by atoms with van der Waals surface area (Å²) >= 11 is 5.92. The lowest BCUT2D eigenvalue weighted by molar-refractivity contribution is 0.692. The predicted molar refractivity (Wildman–Crippen MR) is 72.1 cm³/mol. The molecule has 1 aromatic heterocycles. The van der Waals surface area contributed by atoms with Gasteiger partial charge in [0.1, 0.15) is 11.8 Å².